The minimum atomic E-state index is -0.130. The summed E-state index contributed by atoms with van der Waals surface area (Å²) in [6.07, 6.45) is 1.54. The molecule has 0 saturated heterocycles. The van der Waals surface area contributed by atoms with Crippen LogP contribution in [0.25, 0.3) is 11.6 Å². The Hall–Kier alpha value is -2.74. The van der Waals surface area contributed by atoms with E-state index in [1.54, 1.807) is 12.1 Å². The van der Waals surface area contributed by atoms with E-state index in [2.05, 4.69) is 15.5 Å². The molecule has 7 nitrogen and oxygen atoms in total. The number of thioether (sulfide) groups is 1. The minimum absolute atomic E-state index is 0.130. The van der Waals surface area contributed by atoms with Crippen LogP contribution in [0, 0.1) is 13.8 Å². The number of nitrogen functional groups attached to an aromatic ring is 1. The molecule has 8 heteroatoms. The third-order valence-electron chi connectivity index (χ3n) is 3.39. The molecule has 0 unspecified atom stereocenters. The number of carbonyl (C=O) groups excluding carboxylic acids is 1. The van der Waals surface area contributed by atoms with Crippen LogP contribution in [-0.2, 0) is 4.79 Å². The largest absolute Gasteiger partial charge is 0.461 e. The van der Waals surface area contributed by atoms with Crippen molar-refractivity contribution >= 4 is 23.4 Å². The van der Waals surface area contributed by atoms with E-state index in [1.807, 2.05) is 32.0 Å². The summed E-state index contributed by atoms with van der Waals surface area (Å²) in [6.45, 7) is 3.97. The van der Waals surface area contributed by atoms with Gasteiger partial charge in [0.25, 0.3) is 0 Å². The fraction of sp³-hybridized carbons (Fsp3) is 0.188. The maximum atomic E-state index is 12.1. The van der Waals surface area contributed by atoms with E-state index in [9.17, 15) is 4.79 Å². The number of amides is 1. The van der Waals surface area contributed by atoms with Crippen molar-refractivity contribution in [2.45, 2.75) is 19.0 Å². The van der Waals surface area contributed by atoms with Gasteiger partial charge in [-0.15, -0.1) is 10.2 Å². The lowest BCUT2D eigenvalue weighted by Gasteiger charge is -2.08. The zero-order valence-electron chi connectivity index (χ0n) is 13.3. The first-order valence-corrected chi connectivity index (χ1v) is 8.27. The summed E-state index contributed by atoms with van der Waals surface area (Å²) in [5.41, 5.74) is 2.98. The molecule has 0 aliphatic rings. The lowest BCUT2D eigenvalue weighted by atomic mass is 10.1. The Bertz CT molecular complexity index is 857. The number of furan rings is 1. The Labute approximate surface area is 143 Å². The Balaban J connectivity index is 1.62. The molecule has 2 aromatic heterocycles. The second-order valence-electron chi connectivity index (χ2n) is 5.31. The molecule has 0 atom stereocenters. The van der Waals surface area contributed by atoms with Gasteiger partial charge in [0.05, 0.1) is 12.0 Å². The topological polar surface area (TPSA) is 99.0 Å². The number of nitrogens with zero attached hydrogens (tertiary/aromatic N) is 3. The number of carbonyl (C=O) groups is 1. The summed E-state index contributed by atoms with van der Waals surface area (Å²) < 4.78 is 6.56. The Kier molecular flexibility index (Phi) is 4.57. The summed E-state index contributed by atoms with van der Waals surface area (Å²) in [6, 6.07) is 9.37. The van der Waals surface area contributed by atoms with Crippen LogP contribution in [-0.4, -0.2) is 26.5 Å². The minimum Gasteiger partial charge on any atom is -0.461 e. The van der Waals surface area contributed by atoms with Crippen molar-refractivity contribution in [2.75, 3.05) is 16.9 Å². The fourth-order valence-electron chi connectivity index (χ4n) is 2.22. The lowest BCUT2D eigenvalue weighted by Crippen LogP contribution is -2.17. The number of rotatable bonds is 5. The van der Waals surface area contributed by atoms with E-state index in [0.717, 1.165) is 16.8 Å². The van der Waals surface area contributed by atoms with Crippen molar-refractivity contribution in [3.63, 3.8) is 0 Å². The van der Waals surface area contributed by atoms with E-state index in [-0.39, 0.29) is 11.7 Å². The van der Waals surface area contributed by atoms with Gasteiger partial charge in [-0.1, -0.05) is 29.5 Å². The number of aryl methyl sites for hydroxylation is 2. The van der Waals surface area contributed by atoms with Crippen LogP contribution in [0.1, 0.15) is 11.1 Å². The zero-order valence-corrected chi connectivity index (χ0v) is 14.1. The zero-order chi connectivity index (χ0) is 17.1. The highest BCUT2D eigenvalue weighted by atomic mass is 32.2. The van der Waals surface area contributed by atoms with E-state index in [1.165, 1.54) is 22.7 Å². The van der Waals surface area contributed by atoms with Crippen LogP contribution in [0.2, 0.25) is 0 Å². The van der Waals surface area contributed by atoms with Crippen LogP contribution in [0.3, 0.4) is 0 Å². The molecule has 0 saturated carbocycles. The number of hydrogen-bond acceptors (Lipinski definition) is 6. The van der Waals surface area contributed by atoms with Crippen LogP contribution >= 0.6 is 11.8 Å². The average molecular weight is 343 g/mol. The second kappa shape index (κ2) is 6.79. The molecule has 1 amide bonds. The number of aromatic nitrogens is 3. The van der Waals surface area contributed by atoms with Gasteiger partial charge in [-0.25, -0.2) is 4.68 Å². The normalized spacial score (nSPS) is 10.8. The average Bonchev–Trinajstić information content (AvgIpc) is 3.18. The quantitative estimate of drug-likeness (QED) is 0.546. The van der Waals surface area contributed by atoms with Crippen molar-refractivity contribution in [2.24, 2.45) is 0 Å². The highest BCUT2D eigenvalue weighted by Gasteiger charge is 2.15. The molecule has 2 heterocycles. The molecule has 0 aliphatic carbocycles. The number of nitrogens with one attached hydrogen (secondary N) is 1. The molecule has 0 bridgehead atoms. The molecule has 0 fully saturated rings. The maximum Gasteiger partial charge on any atom is 0.234 e. The van der Waals surface area contributed by atoms with Gasteiger partial charge in [-0.2, -0.15) is 0 Å². The number of anilines is 1. The molecular formula is C16H17N5O2S. The van der Waals surface area contributed by atoms with Crippen LogP contribution < -0.4 is 11.2 Å². The molecule has 3 aromatic rings. The van der Waals surface area contributed by atoms with Crippen LogP contribution in [0.15, 0.2) is 46.2 Å². The van der Waals surface area contributed by atoms with Gasteiger partial charge in [0.15, 0.2) is 5.76 Å². The molecular weight excluding hydrogens is 326 g/mol. The summed E-state index contributed by atoms with van der Waals surface area (Å²) in [4.78, 5) is 12.1. The Morgan fingerprint density at radius 3 is 2.88 bits per heavy atom. The molecule has 3 N–H and O–H groups in total. The molecule has 24 heavy (non-hydrogen) atoms. The van der Waals surface area contributed by atoms with Crippen molar-refractivity contribution in [1.29, 1.82) is 0 Å². The predicted octanol–water partition coefficient (Wildman–Crippen LogP) is 2.60. The Morgan fingerprint density at radius 2 is 2.17 bits per heavy atom. The van der Waals surface area contributed by atoms with E-state index < -0.39 is 0 Å². The summed E-state index contributed by atoms with van der Waals surface area (Å²) in [7, 11) is 0. The highest BCUT2D eigenvalue weighted by Crippen LogP contribution is 2.22. The predicted molar refractivity (Wildman–Crippen MR) is 93.1 cm³/mol. The third-order valence-corrected chi connectivity index (χ3v) is 4.34. The van der Waals surface area contributed by atoms with Crippen LogP contribution in [0.4, 0.5) is 5.69 Å². The van der Waals surface area contributed by atoms with Crippen LogP contribution in [0.5, 0.6) is 0 Å². The highest BCUT2D eigenvalue weighted by molar-refractivity contribution is 7.99. The summed E-state index contributed by atoms with van der Waals surface area (Å²) in [5, 5.41) is 11.3. The van der Waals surface area contributed by atoms with Crippen molar-refractivity contribution in [1.82, 2.24) is 14.9 Å². The van der Waals surface area contributed by atoms with E-state index in [0.29, 0.717) is 16.7 Å². The molecule has 0 radical (unpaired) electrons. The molecule has 0 spiro atoms. The maximum absolute atomic E-state index is 12.1. The van der Waals surface area contributed by atoms with Gasteiger partial charge in [0, 0.05) is 5.69 Å². The van der Waals surface area contributed by atoms with Gasteiger partial charge < -0.3 is 15.6 Å². The molecule has 124 valence electrons. The first kappa shape index (κ1) is 16.1. The number of hydrogen-bond donors (Lipinski definition) is 2. The van der Waals surface area contributed by atoms with Crippen molar-refractivity contribution < 1.29 is 9.21 Å². The third kappa shape index (κ3) is 3.43. The Morgan fingerprint density at radius 1 is 1.33 bits per heavy atom. The van der Waals surface area contributed by atoms with Gasteiger partial charge in [0.2, 0.25) is 16.9 Å². The summed E-state index contributed by atoms with van der Waals surface area (Å²) >= 11 is 1.21. The molecule has 1 aromatic carbocycles. The smallest absolute Gasteiger partial charge is 0.234 e. The fourth-order valence-corrected chi connectivity index (χ4v) is 2.88. The molecule has 3 rings (SSSR count). The van der Waals surface area contributed by atoms with E-state index >= 15 is 0 Å². The van der Waals surface area contributed by atoms with Crippen molar-refractivity contribution in [3.8, 4) is 11.6 Å². The molecule has 0 aliphatic heterocycles. The van der Waals surface area contributed by atoms with E-state index in [4.69, 9.17) is 10.3 Å². The van der Waals surface area contributed by atoms with Gasteiger partial charge >= 0.3 is 0 Å². The second-order valence-corrected chi connectivity index (χ2v) is 6.25. The first-order valence-electron chi connectivity index (χ1n) is 7.29. The standard InChI is InChI=1S/C16H17N5O2S/c1-10-5-6-12(11(2)8-10)18-14(22)9-24-16-20-19-15(21(16)17)13-4-3-7-23-13/h3-8H,9,17H2,1-2H3,(H,18,22). The SMILES string of the molecule is Cc1ccc(NC(=O)CSc2nnc(-c3ccco3)n2N)c(C)c1. The van der Waals surface area contributed by atoms with Crippen molar-refractivity contribution in [3.05, 3.63) is 47.7 Å². The lowest BCUT2D eigenvalue weighted by molar-refractivity contribution is -0.113. The number of benzene rings is 1. The monoisotopic (exact) mass is 343 g/mol. The van der Waals surface area contributed by atoms with Gasteiger partial charge in [-0.05, 0) is 37.6 Å². The first-order chi connectivity index (χ1) is 11.5. The van der Waals surface area contributed by atoms with Gasteiger partial charge in [0.1, 0.15) is 0 Å². The van der Waals surface area contributed by atoms with Gasteiger partial charge in [-0.3, -0.25) is 4.79 Å². The summed E-state index contributed by atoms with van der Waals surface area (Å²) in [5.74, 6) is 6.94. The number of nitrogens with two attached hydrogens (primary N) is 1.